The Morgan fingerprint density at radius 2 is 1.94 bits per heavy atom. The first kappa shape index (κ1) is 14.1. The van der Waals surface area contributed by atoms with Crippen LogP contribution in [0.25, 0.3) is 0 Å². The number of anilines is 2. The molecule has 0 heterocycles. The van der Waals surface area contributed by atoms with Crippen molar-refractivity contribution in [3.05, 3.63) is 22.7 Å². The molecule has 0 spiro atoms. The van der Waals surface area contributed by atoms with Crippen LogP contribution in [0.5, 0.6) is 0 Å². The summed E-state index contributed by atoms with van der Waals surface area (Å²) in [6.07, 6.45) is 0. The number of halogens is 1. The van der Waals surface area contributed by atoms with Crippen molar-refractivity contribution in [1.82, 2.24) is 4.90 Å². The summed E-state index contributed by atoms with van der Waals surface area (Å²) in [5.74, 6) is 0. The Morgan fingerprint density at radius 3 is 2.53 bits per heavy atom. The molecular weight excluding hydrogens is 234 g/mol. The quantitative estimate of drug-likeness (QED) is 0.768. The molecule has 0 aliphatic carbocycles. The van der Waals surface area contributed by atoms with E-state index in [0.717, 1.165) is 37.4 Å². The minimum Gasteiger partial charge on any atom is -0.398 e. The van der Waals surface area contributed by atoms with Crippen LogP contribution in [0.15, 0.2) is 12.1 Å². The van der Waals surface area contributed by atoms with E-state index in [9.17, 15) is 0 Å². The van der Waals surface area contributed by atoms with Gasteiger partial charge in [0.25, 0.3) is 0 Å². The molecule has 4 heteroatoms. The molecule has 17 heavy (non-hydrogen) atoms. The van der Waals surface area contributed by atoms with Crippen LogP contribution in [0.1, 0.15) is 19.4 Å². The lowest BCUT2D eigenvalue weighted by Crippen LogP contribution is -2.28. The van der Waals surface area contributed by atoms with Crippen molar-refractivity contribution < 1.29 is 0 Å². The van der Waals surface area contributed by atoms with Gasteiger partial charge in [-0.1, -0.05) is 25.4 Å². The van der Waals surface area contributed by atoms with Crippen LogP contribution in [0.4, 0.5) is 11.4 Å². The average Bonchev–Trinajstić information content (AvgIpc) is 2.31. The summed E-state index contributed by atoms with van der Waals surface area (Å²) in [4.78, 5) is 2.38. The second-order valence-corrected chi connectivity index (χ2v) is 4.55. The molecule has 0 fully saturated rings. The molecule has 0 unspecified atom stereocenters. The molecular formula is C13H22ClN3. The van der Waals surface area contributed by atoms with Crippen LogP contribution >= 0.6 is 11.6 Å². The monoisotopic (exact) mass is 255 g/mol. The lowest BCUT2D eigenvalue weighted by molar-refractivity contribution is 0.316. The van der Waals surface area contributed by atoms with Crippen LogP contribution in [-0.2, 0) is 0 Å². The first-order valence-electron chi connectivity index (χ1n) is 6.10. The van der Waals surface area contributed by atoms with E-state index < -0.39 is 0 Å². The average molecular weight is 256 g/mol. The molecule has 3 nitrogen and oxygen atoms in total. The van der Waals surface area contributed by atoms with Gasteiger partial charge in [0.15, 0.2) is 0 Å². The fourth-order valence-corrected chi connectivity index (χ4v) is 1.95. The van der Waals surface area contributed by atoms with Crippen molar-refractivity contribution in [3.63, 3.8) is 0 Å². The van der Waals surface area contributed by atoms with E-state index in [0.29, 0.717) is 10.7 Å². The summed E-state index contributed by atoms with van der Waals surface area (Å²) in [6.45, 7) is 10.5. The van der Waals surface area contributed by atoms with E-state index in [-0.39, 0.29) is 0 Å². The first-order chi connectivity index (χ1) is 8.08. The Hall–Kier alpha value is -0.930. The second kappa shape index (κ2) is 6.72. The number of hydrogen-bond acceptors (Lipinski definition) is 3. The molecule has 0 aliphatic rings. The van der Waals surface area contributed by atoms with Gasteiger partial charge in [0.05, 0.1) is 10.7 Å². The molecule has 0 aromatic heterocycles. The third-order valence-electron chi connectivity index (χ3n) is 2.98. The molecule has 0 atom stereocenters. The first-order valence-corrected chi connectivity index (χ1v) is 6.48. The van der Waals surface area contributed by atoms with Crippen LogP contribution in [-0.4, -0.2) is 31.1 Å². The minimum atomic E-state index is 0.612. The zero-order valence-corrected chi connectivity index (χ0v) is 11.6. The van der Waals surface area contributed by atoms with Gasteiger partial charge in [-0.3, -0.25) is 0 Å². The number of nitrogens with two attached hydrogens (primary N) is 1. The number of nitrogens with one attached hydrogen (secondary N) is 1. The third-order valence-corrected chi connectivity index (χ3v) is 3.31. The zero-order chi connectivity index (χ0) is 12.8. The highest BCUT2D eigenvalue weighted by Crippen LogP contribution is 2.26. The van der Waals surface area contributed by atoms with E-state index in [4.69, 9.17) is 17.3 Å². The number of nitrogens with zero attached hydrogens (tertiary/aromatic N) is 1. The maximum Gasteiger partial charge on any atom is 0.0656 e. The minimum absolute atomic E-state index is 0.612. The summed E-state index contributed by atoms with van der Waals surface area (Å²) in [5.41, 5.74) is 8.58. The number of nitrogen functional groups attached to an aromatic ring is 1. The molecule has 1 aromatic carbocycles. The van der Waals surface area contributed by atoms with Gasteiger partial charge in [-0.2, -0.15) is 0 Å². The van der Waals surface area contributed by atoms with Gasteiger partial charge in [0.2, 0.25) is 0 Å². The SMILES string of the molecule is CCN(CC)CCNc1cc(Cl)c(N)cc1C. The Labute approximate surface area is 109 Å². The highest BCUT2D eigenvalue weighted by molar-refractivity contribution is 6.33. The maximum atomic E-state index is 6.01. The largest absolute Gasteiger partial charge is 0.398 e. The van der Waals surface area contributed by atoms with Crippen molar-refractivity contribution in [1.29, 1.82) is 0 Å². The van der Waals surface area contributed by atoms with Gasteiger partial charge in [0, 0.05) is 18.8 Å². The number of likely N-dealkylation sites (N-methyl/N-ethyl adjacent to an activating group) is 1. The van der Waals surface area contributed by atoms with Crippen molar-refractivity contribution in [2.24, 2.45) is 0 Å². The van der Waals surface area contributed by atoms with Gasteiger partial charge in [-0.05, 0) is 37.7 Å². The lowest BCUT2D eigenvalue weighted by Gasteiger charge is -2.19. The molecule has 0 bridgehead atoms. The summed E-state index contributed by atoms with van der Waals surface area (Å²) in [7, 11) is 0. The summed E-state index contributed by atoms with van der Waals surface area (Å²) < 4.78 is 0. The van der Waals surface area contributed by atoms with E-state index in [1.807, 2.05) is 19.1 Å². The maximum absolute atomic E-state index is 6.01. The van der Waals surface area contributed by atoms with Gasteiger partial charge < -0.3 is 16.0 Å². The predicted molar refractivity (Wildman–Crippen MR) is 76.9 cm³/mol. The predicted octanol–water partition coefficient (Wildman–Crippen LogP) is 2.98. The molecule has 3 N–H and O–H groups in total. The van der Waals surface area contributed by atoms with Crippen LogP contribution < -0.4 is 11.1 Å². The number of aryl methyl sites for hydroxylation is 1. The Bertz CT molecular complexity index is 362. The lowest BCUT2D eigenvalue weighted by atomic mass is 10.2. The van der Waals surface area contributed by atoms with E-state index >= 15 is 0 Å². The Balaban J connectivity index is 2.55. The molecule has 0 aliphatic heterocycles. The topological polar surface area (TPSA) is 41.3 Å². The zero-order valence-electron chi connectivity index (χ0n) is 10.9. The number of benzene rings is 1. The third kappa shape index (κ3) is 4.10. The van der Waals surface area contributed by atoms with Gasteiger partial charge in [0.1, 0.15) is 0 Å². The smallest absolute Gasteiger partial charge is 0.0656 e. The molecule has 0 radical (unpaired) electrons. The van der Waals surface area contributed by atoms with Gasteiger partial charge in [-0.15, -0.1) is 0 Å². The molecule has 1 aromatic rings. The Kier molecular flexibility index (Phi) is 5.59. The summed E-state index contributed by atoms with van der Waals surface area (Å²) >= 11 is 6.01. The van der Waals surface area contributed by atoms with E-state index in [1.54, 1.807) is 0 Å². The molecule has 96 valence electrons. The van der Waals surface area contributed by atoms with Crippen molar-refractivity contribution in [2.45, 2.75) is 20.8 Å². The molecule has 0 amide bonds. The standard InChI is InChI=1S/C13H22ClN3/c1-4-17(5-2)7-6-16-13-9-11(14)12(15)8-10(13)3/h8-9,16H,4-7,15H2,1-3H3. The number of rotatable bonds is 6. The number of hydrogen-bond donors (Lipinski definition) is 2. The Morgan fingerprint density at radius 1 is 1.29 bits per heavy atom. The van der Waals surface area contributed by atoms with Crippen LogP contribution in [0, 0.1) is 6.92 Å². The fourth-order valence-electron chi connectivity index (χ4n) is 1.78. The van der Waals surface area contributed by atoms with Crippen molar-refractivity contribution in [3.8, 4) is 0 Å². The fraction of sp³-hybridized carbons (Fsp3) is 0.538. The molecule has 0 saturated carbocycles. The second-order valence-electron chi connectivity index (χ2n) is 4.14. The summed E-state index contributed by atoms with van der Waals surface area (Å²) in [5, 5.41) is 4.01. The van der Waals surface area contributed by atoms with E-state index in [2.05, 4.69) is 24.1 Å². The molecule has 0 saturated heterocycles. The van der Waals surface area contributed by atoms with E-state index in [1.165, 1.54) is 0 Å². The normalized spacial score (nSPS) is 10.9. The van der Waals surface area contributed by atoms with Crippen LogP contribution in [0.2, 0.25) is 5.02 Å². The highest BCUT2D eigenvalue weighted by atomic mass is 35.5. The van der Waals surface area contributed by atoms with Gasteiger partial charge in [-0.25, -0.2) is 0 Å². The van der Waals surface area contributed by atoms with Gasteiger partial charge >= 0.3 is 0 Å². The van der Waals surface area contributed by atoms with Crippen molar-refractivity contribution in [2.75, 3.05) is 37.2 Å². The van der Waals surface area contributed by atoms with Crippen molar-refractivity contribution >= 4 is 23.0 Å². The van der Waals surface area contributed by atoms with Crippen LogP contribution in [0.3, 0.4) is 0 Å². The summed E-state index contributed by atoms with van der Waals surface area (Å²) in [6, 6.07) is 3.80. The highest BCUT2D eigenvalue weighted by Gasteiger charge is 2.04. The molecule has 1 rings (SSSR count).